The molecule has 3 nitrogen and oxygen atoms in total. The van der Waals surface area contributed by atoms with E-state index in [2.05, 4.69) is 11.4 Å². The van der Waals surface area contributed by atoms with Gasteiger partial charge < -0.3 is 14.5 Å². The lowest BCUT2D eigenvalue weighted by atomic mass is 10.1. The lowest BCUT2D eigenvalue weighted by Crippen LogP contribution is -2.21. The van der Waals surface area contributed by atoms with E-state index in [-0.39, 0.29) is 6.04 Å². The Hall–Kier alpha value is -0.930. The van der Waals surface area contributed by atoms with Gasteiger partial charge in [-0.1, -0.05) is 0 Å². The van der Waals surface area contributed by atoms with Crippen LogP contribution in [0.3, 0.4) is 0 Å². The summed E-state index contributed by atoms with van der Waals surface area (Å²) >= 11 is 5.75. The normalized spacial score (nSPS) is 18.1. The van der Waals surface area contributed by atoms with Gasteiger partial charge in [-0.25, -0.2) is 0 Å². The molecule has 1 aromatic heterocycles. The van der Waals surface area contributed by atoms with Crippen molar-refractivity contribution in [3.63, 3.8) is 0 Å². The summed E-state index contributed by atoms with van der Waals surface area (Å²) in [5.74, 6) is 1.71. The first kappa shape index (κ1) is 10.6. The van der Waals surface area contributed by atoms with E-state index < -0.39 is 0 Å². The third-order valence-electron chi connectivity index (χ3n) is 2.41. The zero-order chi connectivity index (χ0) is 10.7. The minimum atomic E-state index is -0.0298. The van der Waals surface area contributed by atoms with Crippen LogP contribution < -0.4 is 5.32 Å². The fraction of sp³-hybridized carbons (Fsp3) is 0.455. The highest BCUT2D eigenvalue weighted by molar-refractivity contribution is 6.28. The molecule has 1 atom stereocenters. The monoisotopic (exact) mass is 227 g/mol. The van der Waals surface area contributed by atoms with Crippen LogP contribution in [0.15, 0.2) is 28.4 Å². The van der Waals surface area contributed by atoms with Crippen LogP contribution >= 0.6 is 11.6 Å². The van der Waals surface area contributed by atoms with Gasteiger partial charge in [-0.2, -0.15) is 0 Å². The second kappa shape index (κ2) is 4.73. The molecule has 0 bridgehead atoms. The number of nitrogens with one attached hydrogen (secondary N) is 1. The van der Waals surface area contributed by atoms with Gasteiger partial charge in [0.05, 0.1) is 6.61 Å². The van der Waals surface area contributed by atoms with E-state index in [1.807, 2.05) is 13.1 Å². The number of rotatable bonds is 3. The average molecular weight is 228 g/mol. The number of furan rings is 1. The molecule has 0 amide bonds. The SMILES string of the molecule is CNC(C1=CCCCO1)c1ccc(Cl)o1. The molecule has 0 saturated heterocycles. The summed E-state index contributed by atoms with van der Waals surface area (Å²) in [7, 11) is 1.87. The third kappa shape index (κ3) is 2.36. The molecule has 2 heterocycles. The molecule has 0 spiro atoms. The summed E-state index contributed by atoms with van der Waals surface area (Å²) in [4.78, 5) is 0. The Morgan fingerprint density at radius 3 is 2.87 bits per heavy atom. The number of likely N-dealkylation sites (N-methyl/N-ethyl adjacent to an activating group) is 1. The number of ether oxygens (including phenoxy) is 1. The van der Waals surface area contributed by atoms with E-state index >= 15 is 0 Å². The van der Waals surface area contributed by atoms with Crippen molar-refractivity contribution in [2.45, 2.75) is 18.9 Å². The predicted molar refractivity (Wildman–Crippen MR) is 58.8 cm³/mol. The van der Waals surface area contributed by atoms with Crippen LogP contribution in [0, 0.1) is 0 Å². The molecule has 1 N–H and O–H groups in total. The van der Waals surface area contributed by atoms with Crippen molar-refractivity contribution >= 4 is 11.6 Å². The van der Waals surface area contributed by atoms with Crippen molar-refractivity contribution in [2.75, 3.05) is 13.7 Å². The van der Waals surface area contributed by atoms with Crippen LogP contribution in [0.2, 0.25) is 5.22 Å². The molecule has 0 aromatic carbocycles. The molecule has 1 aliphatic rings. The Morgan fingerprint density at radius 2 is 2.33 bits per heavy atom. The molecule has 2 rings (SSSR count). The first-order valence-corrected chi connectivity index (χ1v) is 5.44. The van der Waals surface area contributed by atoms with Gasteiger partial charge in [0.25, 0.3) is 0 Å². The van der Waals surface area contributed by atoms with E-state index in [0.29, 0.717) is 5.22 Å². The molecule has 1 unspecified atom stereocenters. The number of allylic oxidation sites excluding steroid dienone is 1. The minimum absolute atomic E-state index is 0.0298. The first-order valence-electron chi connectivity index (χ1n) is 5.06. The summed E-state index contributed by atoms with van der Waals surface area (Å²) in [5, 5.41) is 3.56. The van der Waals surface area contributed by atoms with Gasteiger partial charge in [0.2, 0.25) is 0 Å². The van der Waals surface area contributed by atoms with Crippen LogP contribution in [0.5, 0.6) is 0 Å². The van der Waals surface area contributed by atoms with Crippen molar-refractivity contribution in [1.82, 2.24) is 5.32 Å². The van der Waals surface area contributed by atoms with E-state index in [0.717, 1.165) is 31.0 Å². The summed E-state index contributed by atoms with van der Waals surface area (Å²) in [6, 6.07) is 3.57. The highest BCUT2D eigenvalue weighted by atomic mass is 35.5. The second-order valence-corrected chi connectivity index (χ2v) is 3.83. The van der Waals surface area contributed by atoms with Gasteiger partial charge in [-0.15, -0.1) is 0 Å². The van der Waals surface area contributed by atoms with Crippen molar-refractivity contribution in [2.24, 2.45) is 0 Å². The maximum Gasteiger partial charge on any atom is 0.193 e. The molecule has 82 valence electrons. The summed E-state index contributed by atoms with van der Waals surface area (Å²) < 4.78 is 11.0. The molecule has 4 heteroatoms. The highest BCUT2D eigenvalue weighted by Crippen LogP contribution is 2.28. The topological polar surface area (TPSA) is 34.4 Å². The largest absolute Gasteiger partial charge is 0.496 e. The van der Waals surface area contributed by atoms with E-state index in [4.69, 9.17) is 20.8 Å². The maximum atomic E-state index is 5.75. The molecule has 0 saturated carbocycles. The van der Waals surface area contributed by atoms with Crippen LogP contribution in [0.4, 0.5) is 0 Å². The number of halogens is 1. The van der Waals surface area contributed by atoms with Gasteiger partial charge in [0.1, 0.15) is 17.6 Å². The van der Waals surface area contributed by atoms with Gasteiger partial charge in [-0.3, -0.25) is 0 Å². The molecule has 0 fully saturated rings. The van der Waals surface area contributed by atoms with E-state index in [1.54, 1.807) is 6.07 Å². The fourth-order valence-corrected chi connectivity index (χ4v) is 1.84. The number of hydrogen-bond acceptors (Lipinski definition) is 3. The Balaban J connectivity index is 2.19. The zero-order valence-corrected chi connectivity index (χ0v) is 9.38. The Bertz CT molecular complexity index is 359. The van der Waals surface area contributed by atoms with Crippen LogP contribution in [0.1, 0.15) is 24.6 Å². The van der Waals surface area contributed by atoms with Gasteiger partial charge in [0.15, 0.2) is 5.22 Å². The molecule has 0 aliphatic carbocycles. The first-order chi connectivity index (χ1) is 7.31. The quantitative estimate of drug-likeness (QED) is 0.862. The van der Waals surface area contributed by atoms with E-state index in [1.165, 1.54) is 0 Å². The molecule has 15 heavy (non-hydrogen) atoms. The molecular weight excluding hydrogens is 214 g/mol. The fourth-order valence-electron chi connectivity index (χ4n) is 1.69. The third-order valence-corrected chi connectivity index (χ3v) is 2.62. The van der Waals surface area contributed by atoms with Crippen molar-refractivity contribution in [3.8, 4) is 0 Å². The average Bonchev–Trinajstić information content (AvgIpc) is 2.68. The highest BCUT2D eigenvalue weighted by Gasteiger charge is 2.21. The standard InChI is InChI=1S/C11H14ClNO2/c1-13-11(8-4-2-3-7-14-8)9-5-6-10(12)15-9/h4-6,11,13H,2-3,7H2,1H3. The van der Waals surface area contributed by atoms with Gasteiger partial charge in [-0.05, 0) is 49.7 Å². The van der Waals surface area contributed by atoms with Crippen LogP contribution in [-0.2, 0) is 4.74 Å². The van der Waals surface area contributed by atoms with Gasteiger partial charge in [0, 0.05) is 0 Å². The summed E-state index contributed by atoms with van der Waals surface area (Å²) in [6.07, 6.45) is 4.24. The lowest BCUT2D eigenvalue weighted by Gasteiger charge is -2.21. The minimum Gasteiger partial charge on any atom is -0.496 e. The predicted octanol–water partition coefficient (Wildman–Crippen LogP) is 2.89. The Labute approximate surface area is 94.1 Å². The summed E-state index contributed by atoms with van der Waals surface area (Å²) in [5.41, 5.74) is 0. The lowest BCUT2D eigenvalue weighted by molar-refractivity contribution is 0.164. The second-order valence-electron chi connectivity index (χ2n) is 3.46. The number of hydrogen-bond donors (Lipinski definition) is 1. The molecule has 1 aliphatic heterocycles. The van der Waals surface area contributed by atoms with E-state index in [9.17, 15) is 0 Å². The smallest absolute Gasteiger partial charge is 0.193 e. The molecule has 0 radical (unpaired) electrons. The maximum absolute atomic E-state index is 5.75. The Morgan fingerprint density at radius 1 is 1.47 bits per heavy atom. The van der Waals surface area contributed by atoms with Crippen molar-refractivity contribution < 1.29 is 9.15 Å². The Kier molecular flexibility index (Phi) is 3.34. The van der Waals surface area contributed by atoms with Crippen LogP contribution in [0.25, 0.3) is 0 Å². The zero-order valence-electron chi connectivity index (χ0n) is 8.63. The molecular formula is C11H14ClNO2. The van der Waals surface area contributed by atoms with Gasteiger partial charge >= 0.3 is 0 Å². The van der Waals surface area contributed by atoms with Crippen molar-refractivity contribution in [1.29, 1.82) is 0 Å². The van der Waals surface area contributed by atoms with Crippen LogP contribution in [-0.4, -0.2) is 13.7 Å². The van der Waals surface area contributed by atoms with Crippen molar-refractivity contribution in [3.05, 3.63) is 34.9 Å². The molecule has 1 aromatic rings. The summed E-state index contributed by atoms with van der Waals surface area (Å²) in [6.45, 7) is 0.776.